The molecule has 0 radical (unpaired) electrons. The molecule has 0 saturated carbocycles. The van der Waals surface area contributed by atoms with Crippen LogP contribution in [0.4, 0.5) is 0 Å². The van der Waals surface area contributed by atoms with Crippen LogP contribution in [-0.4, -0.2) is 6.04 Å². The standard InChI is InChI=1S/C18H27NO/c1-6-15(7-2)13(4)19-14(5)18-12(3)16-10-8-9-11-17(16)20-18/h8-11,13-15,19H,6-7H2,1-5H3. The van der Waals surface area contributed by atoms with Crippen molar-refractivity contribution in [3.8, 4) is 0 Å². The van der Waals surface area contributed by atoms with Crippen LogP contribution < -0.4 is 5.32 Å². The van der Waals surface area contributed by atoms with E-state index in [1.807, 2.05) is 12.1 Å². The fourth-order valence-corrected chi connectivity index (χ4v) is 3.21. The van der Waals surface area contributed by atoms with Crippen molar-refractivity contribution in [3.05, 3.63) is 35.6 Å². The first-order valence-electron chi connectivity index (χ1n) is 7.82. The molecule has 20 heavy (non-hydrogen) atoms. The summed E-state index contributed by atoms with van der Waals surface area (Å²) in [5.41, 5.74) is 2.25. The van der Waals surface area contributed by atoms with Crippen LogP contribution in [0.25, 0.3) is 11.0 Å². The Hall–Kier alpha value is -1.28. The Bertz CT molecular complexity index is 554. The van der Waals surface area contributed by atoms with Crippen LogP contribution in [0.1, 0.15) is 57.9 Å². The number of para-hydroxylation sites is 1. The first-order valence-corrected chi connectivity index (χ1v) is 7.82. The van der Waals surface area contributed by atoms with Crippen molar-refractivity contribution in [2.75, 3.05) is 0 Å². The summed E-state index contributed by atoms with van der Waals surface area (Å²) in [6, 6.07) is 9.03. The molecule has 0 aliphatic carbocycles. The van der Waals surface area contributed by atoms with Crippen molar-refractivity contribution in [2.45, 2.75) is 59.5 Å². The highest BCUT2D eigenvalue weighted by Crippen LogP contribution is 2.30. The highest BCUT2D eigenvalue weighted by molar-refractivity contribution is 5.82. The molecule has 1 heterocycles. The summed E-state index contributed by atoms with van der Waals surface area (Å²) in [5.74, 6) is 1.80. The van der Waals surface area contributed by atoms with Crippen LogP contribution in [0, 0.1) is 12.8 Å². The van der Waals surface area contributed by atoms with Crippen molar-refractivity contribution >= 4 is 11.0 Å². The van der Waals surface area contributed by atoms with E-state index in [-0.39, 0.29) is 6.04 Å². The molecule has 0 aliphatic heterocycles. The molecule has 2 unspecified atom stereocenters. The lowest BCUT2D eigenvalue weighted by molar-refractivity contribution is 0.312. The minimum absolute atomic E-state index is 0.248. The molecule has 2 nitrogen and oxygen atoms in total. The lowest BCUT2D eigenvalue weighted by Gasteiger charge is -2.25. The first kappa shape index (κ1) is 15.1. The van der Waals surface area contributed by atoms with Gasteiger partial charge >= 0.3 is 0 Å². The lowest BCUT2D eigenvalue weighted by atomic mass is 9.94. The quantitative estimate of drug-likeness (QED) is 0.781. The Kier molecular flexibility index (Phi) is 4.87. The van der Waals surface area contributed by atoms with E-state index in [0.29, 0.717) is 6.04 Å². The Labute approximate surface area is 122 Å². The van der Waals surface area contributed by atoms with Gasteiger partial charge in [-0.3, -0.25) is 0 Å². The van der Waals surface area contributed by atoms with Gasteiger partial charge < -0.3 is 9.73 Å². The van der Waals surface area contributed by atoms with Gasteiger partial charge in [0.05, 0.1) is 6.04 Å². The molecule has 0 fully saturated rings. The van der Waals surface area contributed by atoms with E-state index in [0.717, 1.165) is 17.3 Å². The second-order valence-electron chi connectivity index (χ2n) is 5.84. The summed E-state index contributed by atoms with van der Waals surface area (Å²) in [6.07, 6.45) is 2.44. The number of fused-ring (bicyclic) bond motifs is 1. The van der Waals surface area contributed by atoms with Crippen LogP contribution in [0.2, 0.25) is 0 Å². The van der Waals surface area contributed by atoms with E-state index in [1.54, 1.807) is 0 Å². The van der Waals surface area contributed by atoms with Crippen molar-refractivity contribution < 1.29 is 4.42 Å². The van der Waals surface area contributed by atoms with Crippen molar-refractivity contribution in [3.63, 3.8) is 0 Å². The van der Waals surface area contributed by atoms with Gasteiger partial charge in [-0.15, -0.1) is 0 Å². The summed E-state index contributed by atoms with van der Waals surface area (Å²) in [6.45, 7) is 11.2. The fraction of sp³-hybridized carbons (Fsp3) is 0.556. The maximum Gasteiger partial charge on any atom is 0.134 e. The van der Waals surface area contributed by atoms with Gasteiger partial charge in [0.15, 0.2) is 0 Å². The average Bonchev–Trinajstić information content (AvgIpc) is 2.78. The highest BCUT2D eigenvalue weighted by Gasteiger charge is 2.20. The summed E-state index contributed by atoms with van der Waals surface area (Å²) in [5, 5.41) is 4.93. The zero-order valence-electron chi connectivity index (χ0n) is 13.4. The molecule has 2 heteroatoms. The van der Waals surface area contributed by atoms with Crippen molar-refractivity contribution in [1.29, 1.82) is 0 Å². The van der Waals surface area contributed by atoms with Gasteiger partial charge in [0.2, 0.25) is 0 Å². The zero-order chi connectivity index (χ0) is 14.7. The summed E-state index contributed by atoms with van der Waals surface area (Å²) in [7, 11) is 0. The van der Waals surface area contributed by atoms with Gasteiger partial charge in [0.25, 0.3) is 0 Å². The molecule has 1 aromatic carbocycles. The number of furan rings is 1. The van der Waals surface area contributed by atoms with E-state index < -0.39 is 0 Å². The molecule has 0 aliphatic rings. The Morgan fingerprint density at radius 2 is 1.75 bits per heavy atom. The number of hydrogen-bond donors (Lipinski definition) is 1. The van der Waals surface area contributed by atoms with E-state index in [9.17, 15) is 0 Å². The van der Waals surface area contributed by atoms with Gasteiger partial charge in [-0.25, -0.2) is 0 Å². The maximum absolute atomic E-state index is 6.05. The third kappa shape index (κ3) is 2.90. The molecular formula is C18H27NO. The predicted octanol–water partition coefficient (Wildman–Crippen LogP) is 5.22. The summed E-state index contributed by atoms with van der Waals surface area (Å²) < 4.78 is 6.05. The smallest absolute Gasteiger partial charge is 0.134 e. The minimum Gasteiger partial charge on any atom is -0.459 e. The minimum atomic E-state index is 0.248. The van der Waals surface area contributed by atoms with Crippen molar-refractivity contribution in [1.82, 2.24) is 5.32 Å². The Morgan fingerprint density at radius 1 is 1.10 bits per heavy atom. The number of aryl methyl sites for hydroxylation is 1. The third-order valence-electron chi connectivity index (χ3n) is 4.54. The summed E-state index contributed by atoms with van der Waals surface area (Å²) in [4.78, 5) is 0. The molecular weight excluding hydrogens is 246 g/mol. The number of rotatable bonds is 6. The number of benzene rings is 1. The number of nitrogens with one attached hydrogen (secondary N) is 1. The molecule has 0 amide bonds. The average molecular weight is 273 g/mol. The second kappa shape index (κ2) is 6.45. The Morgan fingerprint density at radius 3 is 2.35 bits per heavy atom. The molecule has 2 aromatic rings. The van der Waals surface area contributed by atoms with Crippen molar-refractivity contribution in [2.24, 2.45) is 5.92 Å². The van der Waals surface area contributed by atoms with E-state index in [4.69, 9.17) is 4.42 Å². The molecule has 2 rings (SSSR count). The second-order valence-corrected chi connectivity index (χ2v) is 5.84. The summed E-state index contributed by atoms with van der Waals surface area (Å²) >= 11 is 0. The van der Waals surface area contributed by atoms with Crippen LogP contribution in [0.5, 0.6) is 0 Å². The molecule has 0 saturated heterocycles. The van der Waals surface area contributed by atoms with Gasteiger partial charge in [-0.1, -0.05) is 44.9 Å². The van der Waals surface area contributed by atoms with E-state index in [1.165, 1.54) is 23.8 Å². The van der Waals surface area contributed by atoms with Crippen LogP contribution in [-0.2, 0) is 0 Å². The monoisotopic (exact) mass is 273 g/mol. The molecule has 0 bridgehead atoms. The molecule has 110 valence electrons. The molecule has 0 spiro atoms. The van der Waals surface area contributed by atoms with Gasteiger partial charge in [-0.2, -0.15) is 0 Å². The number of hydrogen-bond acceptors (Lipinski definition) is 2. The van der Waals surface area contributed by atoms with E-state index >= 15 is 0 Å². The van der Waals surface area contributed by atoms with E-state index in [2.05, 4.69) is 52.1 Å². The van der Waals surface area contributed by atoms with Crippen LogP contribution >= 0.6 is 0 Å². The predicted molar refractivity (Wildman–Crippen MR) is 86.0 cm³/mol. The van der Waals surface area contributed by atoms with Gasteiger partial charge in [0.1, 0.15) is 11.3 Å². The fourth-order valence-electron chi connectivity index (χ4n) is 3.21. The third-order valence-corrected chi connectivity index (χ3v) is 4.54. The Balaban J connectivity index is 2.19. The molecule has 2 atom stereocenters. The normalized spacial score (nSPS) is 14.9. The first-order chi connectivity index (χ1) is 9.58. The van der Waals surface area contributed by atoms with Crippen LogP contribution in [0.15, 0.2) is 28.7 Å². The zero-order valence-corrected chi connectivity index (χ0v) is 13.4. The highest BCUT2D eigenvalue weighted by atomic mass is 16.3. The van der Waals surface area contributed by atoms with Crippen LogP contribution in [0.3, 0.4) is 0 Å². The van der Waals surface area contributed by atoms with Gasteiger partial charge in [0, 0.05) is 11.4 Å². The van der Waals surface area contributed by atoms with Gasteiger partial charge in [-0.05, 0) is 38.3 Å². The molecule has 1 N–H and O–H groups in total. The lowest BCUT2D eigenvalue weighted by Crippen LogP contribution is -2.35. The maximum atomic E-state index is 6.05. The topological polar surface area (TPSA) is 25.2 Å². The SMILES string of the molecule is CCC(CC)C(C)NC(C)c1oc2ccccc2c1C. The molecule has 1 aromatic heterocycles. The largest absolute Gasteiger partial charge is 0.459 e.